The second-order valence-corrected chi connectivity index (χ2v) is 11.3. The van der Waals surface area contributed by atoms with Crippen molar-refractivity contribution in [2.24, 2.45) is 23.3 Å². The number of methoxy groups -OCH3 is 2. The SMILES string of the molecule is COc1cc2c(cc1OC(=O)C(N)C(C)C)C1Cc3c(Cl)cc(OC)c(OC(=O)C(N)C(C)C)c3CN1CC2. The molecule has 0 saturated heterocycles. The van der Waals surface area contributed by atoms with Crippen molar-refractivity contribution in [2.75, 3.05) is 20.8 Å². The monoisotopic (exact) mass is 559 g/mol. The largest absolute Gasteiger partial charge is 0.493 e. The van der Waals surface area contributed by atoms with E-state index < -0.39 is 24.0 Å². The number of rotatable bonds is 8. The van der Waals surface area contributed by atoms with Gasteiger partial charge < -0.3 is 30.4 Å². The maximum absolute atomic E-state index is 12.8. The highest BCUT2D eigenvalue weighted by Gasteiger charge is 2.37. The molecular weight excluding hydrogens is 522 g/mol. The number of hydrogen-bond acceptors (Lipinski definition) is 9. The number of carbonyl (C=O) groups excluding carboxylic acids is 2. The van der Waals surface area contributed by atoms with Gasteiger partial charge in [0.15, 0.2) is 23.0 Å². The van der Waals surface area contributed by atoms with Crippen LogP contribution in [-0.4, -0.2) is 49.7 Å². The Hall–Kier alpha value is -2.85. The Morgan fingerprint density at radius 2 is 1.51 bits per heavy atom. The van der Waals surface area contributed by atoms with Crippen LogP contribution in [0.1, 0.15) is 56.0 Å². The normalized spacial score (nSPS) is 18.1. The van der Waals surface area contributed by atoms with E-state index in [-0.39, 0.29) is 17.9 Å². The highest BCUT2D eigenvalue weighted by Crippen LogP contribution is 2.48. The Kier molecular flexibility index (Phi) is 8.75. The summed E-state index contributed by atoms with van der Waals surface area (Å²) in [6.07, 6.45) is 1.33. The zero-order valence-electron chi connectivity index (χ0n) is 23.4. The number of halogens is 1. The molecule has 2 heterocycles. The van der Waals surface area contributed by atoms with Crippen LogP contribution in [0.25, 0.3) is 0 Å². The third kappa shape index (κ3) is 5.72. The van der Waals surface area contributed by atoms with E-state index in [4.69, 9.17) is 42.0 Å². The Labute approximate surface area is 234 Å². The summed E-state index contributed by atoms with van der Waals surface area (Å²) in [4.78, 5) is 27.8. The van der Waals surface area contributed by atoms with Crippen molar-refractivity contribution in [1.82, 2.24) is 4.90 Å². The lowest BCUT2D eigenvalue weighted by atomic mass is 9.83. The van der Waals surface area contributed by atoms with Crippen molar-refractivity contribution in [3.05, 3.63) is 45.5 Å². The van der Waals surface area contributed by atoms with E-state index in [1.54, 1.807) is 13.2 Å². The first-order valence-corrected chi connectivity index (χ1v) is 13.6. The van der Waals surface area contributed by atoms with Crippen LogP contribution in [0.2, 0.25) is 5.02 Å². The second kappa shape index (κ2) is 11.7. The number of nitrogens with two attached hydrogens (primary N) is 2. The summed E-state index contributed by atoms with van der Waals surface area (Å²) in [5.41, 5.74) is 15.9. The van der Waals surface area contributed by atoms with Crippen LogP contribution in [0.15, 0.2) is 18.2 Å². The van der Waals surface area contributed by atoms with Gasteiger partial charge >= 0.3 is 11.9 Å². The summed E-state index contributed by atoms with van der Waals surface area (Å²) in [7, 11) is 3.07. The van der Waals surface area contributed by atoms with Crippen LogP contribution >= 0.6 is 11.6 Å². The summed E-state index contributed by atoms with van der Waals surface area (Å²) >= 11 is 6.75. The Morgan fingerprint density at radius 3 is 2.10 bits per heavy atom. The van der Waals surface area contributed by atoms with Gasteiger partial charge in [-0.15, -0.1) is 0 Å². The van der Waals surface area contributed by atoms with Crippen LogP contribution in [0, 0.1) is 11.8 Å². The molecule has 10 heteroatoms. The van der Waals surface area contributed by atoms with Crippen LogP contribution < -0.4 is 30.4 Å². The van der Waals surface area contributed by atoms with Gasteiger partial charge in [0, 0.05) is 35.8 Å². The van der Waals surface area contributed by atoms with Crippen molar-refractivity contribution in [3.63, 3.8) is 0 Å². The molecule has 0 fully saturated rings. The van der Waals surface area contributed by atoms with E-state index in [2.05, 4.69) is 4.90 Å². The van der Waals surface area contributed by atoms with Gasteiger partial charge in [0.25, 0.3) is 0 Å². The second-order valence-electron chi connectivity index (χ2n) is 10.9. The standard InChI is InChI=1S/C29H38ClN3O6/c1-14(2)25(31)28(34)38-23-11-17-16(9-22(23)36-5)7-8-33-13-19-18(10-21(17)33)20(30)12-24(37-6)27(19)39-29(35)26(32)15(3)4/h9,11-12,14-15,21,25-26H,7-8,10,13,31-32H2,1-6H3. The predicted molar refractivity (Wildman–Crippen MR) is 148 cm³/mol. The fourth-order valence-corrected chi connectivity index (χ4v) is 5.35. The van der Waals surface area contributed by atoms with Crippen molar-refractivity contribution < 1.29 is 28.5 Å². The molecule has 3 unspecified atom stereocenters. The fraction of sp³-hybridized carbons (Fsp3) is 0.517. The van der Waals surface area contributed by atoms with E-state index >= 15 is 0 Å². The summed E-state index contributed by atoms with van der Waals surface area (Å²) in [5.74, 6) is 0.398. The molecule has 2 aliphatic rings. The first-order valence-electron chi connectivity index (χ1n) is 13.2. The van der Waals surface area contributed by atoms with Crippen molar-refractivity contribution >= 4 is 23.5 Å². The van der Waals surface area contributed by atoms with E-state index in [9.17, 15) is 9.59 Å². The summed E-state index contributed by atoms with van der Waals surface area (Å²) < 4.78 is 22.6. The van der Waals surface area contributed by atoms with Gasteiger partial charge in [-0.1, -0.05) is 39.3 Å². The molecule has 3 atom stereocenters. The average molecular weight is 560 g/mol. The van der Waals surface area contributed by atoms with Crippen molar-refractivity contribution in [2.45, 2.75) is 65.2 Å². The number of esters is 2. The van der Waals surface area contributed by atoms with Crippen LogP contribution in [-0.2, 0) is 29.0 Å². The minimum absolute atomic E-state index is 0.0317. The first-order chi connectivity index (χ1) is 18.5. The van der Waals surface area contributed by atoms with Crippen LogP contribution in [0.3, 0.4) is 0 Å². The lowest BCUT2D eigenvalue weighted by Crippen LogP contribution is -2.41. The third-order valence-electron chi connectivity index (χ3n) is 7.67. The molecule has 4 N–H and O–H groups in total. The van der Waals surface area contributed by atoms with E-state index in [0.29, 0.717) is 41.0 Å². The number of benzene rings is 2. The van der Waals surface area contributed by atoms with Gasteiger partial charge in [-0.3, -0.25) is 4.90 Å². The smallest absolute Gasteiger partial charge is 0.328 e. The molecular formula is C29H38ClN3O6. The van der Waals surface area contributed by atoms with Crippen LogP contribution in [0.5, 0.6) is 23.0 Å². The zero-order chi connectivity index (χ0) is 28.6. The van der Waals surface area contributed by atoms with Crippen molar-refractivity contribution in [3.8, 4) is 23.0 Å². The van der Waals surface area contributed by atoms with Gasteiger partial charge in [0.2, 0.25) is 0 Å². The molecule has 4 rings (SSSR count). The van der Waals surface area contributed by atoms with Gasteiger partial charge in [0.05, 0.1) is 14.2 Å². The lowest BCUT2D eigenvalue weighted by Gasteiger charge is -2.42. The number of ether oxygens (including phenoxy) is 4. The van der Waals surface area contributed by atoms with Crippen LogP contribution in [0.4, 0.5) is 0 Å². The number of carbonyl (C=O) groups is 2. The Bertz CT molecular complexity index is 1260. The molecule has 0 bridgehead atoms. The van der Waals surface area contributed by atoms with E-state index in [1.807, 2.05) is 39.8 Å². The molecule has 9 nitrogen and oxygen atoms in total. The molecule has 0 radical (unpaired) electrons. The van der Waals surface area contributed by atoms with Gasteiger partial charge in [-0.05, 0) is 53.5 Å². The van der Waals surface area contributed by atoms with Gasteiger partial charge in [0.1, 0.15) is 12.1 Å². The highest BCUT2D eigenvalue weighted by molar-refractivity contribution is 6.31. The fourth-order valence-electron chi connectivity index (χ4n) is 5.06. The van der Waals surface area contributed by atoms with Gasteiger partial charge in [-0.2, -0.15) is 0 Å². The third-order valence-corrected chi connectivity index (χ3v) is 8.01. The lowest BCUT2D eigenvalue weighted by molar-refractivity contribution is -0.137. The Balaban J connectivity index is 1.72. The number of fused-ring (bicyclic) bond motifs is 4. The molecule has 2 aromatic carbocycles. The first kappa shape index (κ1) is 29.1. The molecule has 39 heavy (non-hydrogen) atoms. The maximum Gasteiger partial charge on any atom is 0.328 e. The van der Waals surface area contributed by atoms with Gasteiger partial charge in [-0.25, -0.2) is 9.59 Å². The highest BCUT2D eigenvalue weighted by atomic mass is 35.5. The molecule has 0 spiro atoms. The molecule has 2 aliphatic heterocycles. The molecule has 0 aromatic heterocycles. The summed E-state index contributed by atoms with van der Waals surface area (Å²) in [5, 5.41) is 0.532. The Morgan fingerprint density at radius 1 is 0.897 bits per heavy atom. The molecule has 0 saturated carbocycles. The number of nitrogens with zero attached hydrogens (tertiary/aromatic N) is 1. The number of hydrogen-bond donors (Lipinski definition) is 2. The minimum atomic E-state index is -0.765. The topological polar surface area (TPSA) is 126 Å². The predicted octanol–water partition coefficient (Wildman–Crippen LogP) is 3.79. The van der Waals surface area contributed by atoms with Crippen molar-refractivity contribution in [1.29, 1.82) is 0 Å². The molecule has 0 aliphatic carbocycles. The summed E-state index contributed by atoms with van der Waals surface area (Å²) in [6.45, 7) is 8.74. The molecule has 0 amide bonds. The molecule has 212 valence electrons. The minimum Gasteiger partial charge on any atom is -0.493 e. The maximum atomic E-state index is 12.8. The van der Waals surface area contributed by atoms with E-state index in [0.717, 1.165) is 35.2 Å². The van der Waals surface area contributed by atoms with E-state index in [1.165, 1.54) is 7.11 Å². The average Bonchev–Trinajstić information content (AvgIpc) is 2.91. The summed E-state index contributed by atoms with van der Waals surface area (Å²) in [6, 6.07) is 3.94. The molecule has 2 aromatic rings. The zero-order valence-corrected chi connectivity index (χ0v) is 24.1. The quantitative estimate of drug-likeness (QED) is 0.367.